The summed E-state index contributed by atoms with van der Waals surface area (Å²) in [6.07, 6.45) is 4.89. The lowest BCUT2D eigenvalue weighted by Gasteiger charge is -2.26. The van der Waals surface area contributed by atoms with E-state index in [9.17, 15) is 19.7 Å². The molecule has 10 heteroatoms. The summed E-state index contributed by atoms with van der Waals surface area (Å²) in [6.45, 7) is 1.56. The first-order valence-electron chi connectivity index (χ1n) is 10.0. The van der Waals surface area contributed by atoms with Crippen molar-refractivity contribution in [2.45, 2.75) is 6.42 Å². The van der Waals surface area contributed by atoms with Gasteiger partial charge in [0.25, 0.3) is 11.6 Å². The fourth-order valence-corrected chi connectivity index (χ4v) is 4.34. The molecule has 1 aliphatic heterocycles. The number of nitro groups is 1. The summed E-state index contributed by atoms with van der Waals surface area (Å²) in [5.41, 5.74) is 1.71. The zero-order valence-electron chi connectivity index (χ0n) is 17.1. The molecule has 0 radical (unpaired) electrons. The number of aromatic nitrogens is 2. The Morgan fingerprint density at radius 2 is 1.88 bits per heavy atom. The number of rotatable bonds is 6. The summed E-state index contributed by atoms with van der Waals surface area (Å²) >= 11 is 1.86. The number of carbonyl (C=O) groups is 2. The van der Waals surface area contributed by atoms with Crippen LogP contribution >= 0.6 is 11.8 Å². The molecule has 2 heterocycles. The molecular weight excluding hydrogens is 430 g/mol. The zero-order chi connectivity index (χ0) is 22.5. The molecule has 1 N–H and O–H groups in total. The van der Waals surface area contributed by atoms with Crippen LogP contribution in [0.15, 0.2) is 61.2 Å². The van der Waals surface area contributed by atoms with Gasteiger partial charge in [-0.3, -0.25) is 19.7 Å². The van der Waals surface area contributed by atoms with E-state index in [1.807, 2.05) is 16.7 Å². The number of amides is 2. The molecule has 0 unspecified atom stereocenters. The minimum Gasteiger partial charge on any atom is -0.341 e. The van der Waals surface area contributed by atoms with Crippen LogP contribution in [0, 0.1) is 10.1 Å². The van der Waals surface area contributed by atoms with Crippen LogP contribution < -0.4 is 5.32 Å². The van der Waals surface area contributed by atoms with Crippen LogP contribution in [0.5, 0.6) is 0 Å². The molecule has 1 aliphatic rings. The van der Waals surface area contributed by atoms with Crippen molar-refractivity contribution in [3.05, 3.63) is 82.4 Å². The lowest BCUT2D eigenvalue weighted by molar-refractivity contribution is -0.384. The zero-order valence-corrected chi connectivity index (χ0v) is 18.0. The molecule has 32 heavy (non-hydrogen) atoms. The van der Waals surface area contributed by atoms with Gasteiger partial charge in [0.2, 0.25) is 5.91 Å². The smallest absolute Gasteiger partial charge is 0.294 e. The summed E-state index contributed by atoms with van der Waals surface area (Å²) in [6, 6.07) is 11.3. The average molecular weight is 452 g/mol. The van der Waals surface area contributed by atoms with Crippen LogP contribution in [0.25, 0.3) is 5.69 Å². The van der Waals surface area contributed by atoms with Gasteiger partial charge in [0.1, 0.15) is 5.69 Å². The van der Waals surface area contributed by atoms with E-state index in [-0.39, 0.29) is 17.2 Å². The minimum absolute atomic E-state index is 0.104. The lowest BCUT2D eigenvalue weighted by Crippen LogP contribution is -2.38. The Labute approximate surface area is 188 Å². The Kier molecular flexibility index (Phi) is 6.50. The summed E-state index contributed by atoms with van der Waals surface area (Å²) in [7, 11) is 0. The molecule has 3 aromatic rings. The first-order valence-corrected chi connectivity index (χ1v) is 11.2. The van der Waals surface area contributed by atoms with Gasteiger partial charge >= 0.3 is 0 Å². The number of nitrogens with one attached hydrogen (secondary N) is 1. The molecule has 1 fully saturated rings. The van der Waals surface area contributed by atoms with Crippen LogP contribution in [-0.4, -0.2) is 55.8 Å². The van der Waals surface area contributed by atoms with Crippen molar-refractivity contribution in [1.29, 1.82) is 0 Å². The van der Waals surface area contributed by atoms with Gasteiger partial charge in [0.05, 0.1) is 17.7 Å². The number of hydrogen-bond donors (Lipinski definition) is 1. The fourth-order valence-electron chi connectivity index (χ4n) is 3.44. The summed E-state index contributed by atoms with van der Waals surface area (Å²) < 4.78 is 1.52. The van der Waals surface area contributed by atoms with Gasteiger partial charge in [0, 0.05) is 54.3 Å². The maximum Gasteiger partial charge on any atom is 0.294 e. The largest absolute Gasteiger partial charge is 0.341 e. The molecule has 0 spiro atoms. The summed E-state index contributed by atoms with van der Waals surface area (Å²) in [4.78, 5) is 41.8. The Morgan fingerprint density at radius 3 is 2.53 bits per heavy atom. The van der Waals surface area contributed by atoms with Crippen LogP contribution in [0.1, 0.15) is 15.9 Å². The number of benzene rings is 2. The summed E-state index contributed by atoms with van der Waals surface area (Å²) in [5.74, 6) is 1.59. The summed E-state index contributed by atoms with van der Waals surface area (Å²) in [5, 5.41) is 14.2. The number of imidazole rings is 1. The van der Waals surface area contributed by atoms with Crippen molar-refractivity contribution < 1.29 is 14.5 Å². The van der Waals surface area contributed by atoms with E-state index < -0.39 is 10.8 Å². The normalized spacial score (nSPS) is 13.6. The van der Waals surface area contributed by atoms with Crippen molar-refractivity contribution >= 4 is 35.0 Å². The fraction of sp³-hybridized carbons (Fsp3) is 0.227. The predicted octanol–water partition coefficient (Wildman–Crippen LogP) is 3.15. The SMILES string of the molecule is O=C(Nc1ccc(CC(=O)N2CCSCC2)cc1)c1ccc(-n2ccnc2)c([N+](=O)[O-])c1. The highest BCUT2D eigenvalue weighted by Gasteiger charge is 2.19. The van der Waals surface area contributed by atoms with Crippen molar-refractivity contribution in [2.75, 3.05) is 29.9 Å². The molecule has 2 amide bonds. The maximum atomic E-state index is 12.6. The molecular formula is C22H21N5O4S. The van der Waals surface area contributed by atoms with Gasteiger partial charge in [-0.15, -0.1) is 0 Å². The van der Waals surface area contributed by atoms with Gasteiger partial charge in [-0.2, -0.15) is 11.8 Å². The second-order valence-corrected chi connectivity index (χ2v) is 8.48. The highest BCUT2D eigenvalue weighted by Crippen LogP contribution is 2.25. The minimum atomic E-state index is -0.529. The van der Waals surface area contributed by atoms with Crippen LogP contribution in [0.2, 0.25) is 0 Å². The molecule has 0 atom stereocenters. The highest BCUT2D eigenvalue weighted by atomic mass is 32.2. The monoisotopic (exact) mass is 451 g/mol. The molecule has 9 nitrogen and oxygen atoms in total. The number of nitro benzene ring substituents is 1. The second kappa shape index (κ2) is 9.65. The van der Waals surface area contributed by atoms with Crippen molar-refractivity contribution in [3.63, 3.8) is 0 Å². The number of anilines is 1. The Balaban J connectivity index is 1.43. The number of hydrogen-bond acceptors (Lipinski definition) is 6. The Hall–Kier alpha value is -3.66. The molecule has 1 saturated heterocycles. The van der Waals surface area contributed by atoms with Crippen LogP contribution in [0.4, 0.5) is 11.4 Å². The third kappa shape index (κ3) is 4.97. The average Bonchev–Trinajstić information content (AvgIpc) is 3.35. The molecule has 1 aromatic heterocycles. The van der Waals surface area contributed by atoms with Gasteiger partial charge in [-0.05, 0) is 29.8 Å². The van der Waals surface area contributed by atoms with Crippen LogP contribution in [0.3, 0.4) is 0 Å². The highest BCUT2D eigenvalue weighted by molar-refractivity contribution is 7.99. The Bertz CT molecular complexity index is 1130. The quantitative estimate of drug-likeness (QED) is 0.455. The number of carbonyl (C=O) groups excluding carboxylic acids is 2. The van der Waals surface area contributed by atoms with Crippen molar-refractivity contribution in [3.8, 4) is 5.69 Å². The van der Waals surface area contributed by atoms with Gasteiger partial charge in [-0.1, -0.05) is 12.1 Å². The maximum absolute atomic E-state index is 12.6. The lowest BCUT2D eigenvalue weighted by atomic mass is 10.1. The third-order valence-electron chi connectivity index (χ3n) is 5.15. The van der Waals surface area contributed by atoms with Gasteiger partial charge in [-0.25, -0.2) is 4.98 Å². The first-order chi connectivity index (χ1) is 15.5. The van der Waals surface area contributed by atoms with Crippen LogP contribution in [-0.2, 0) is 11.2 Å². The number of thioether (sulfide) groups is 1. The Morgan fingerprint density at radius 1 is 1.12 bits per heavy atom. The number of nitrogens with zero attached hydrogens (tertiary/aromatic N) is 4. The molecule has 0 saturated carbocycles. The van der Waals surface area contributed by atoms with E-state index in [0.29, 0.717) is 17.8 Å². The molecule has 4 rings (SSSR count). The van der Waals surface area contributed by atoms with E-state index in [2.05, 4.69) is 10.3 Å². The third-order valence-corrected chi connectivity index (χ3v) is 6.09. The topological polar surface area (TPSA) is 110 Å². The molecule has 0 aliphatic carbocycles. The standard InChI is InChI=1S/C22H21N5O4S/c28-21(25-9-11-32-12-10-25)13-16-1-4-18(5-2-16)24-22(29)17-3-6-19(20(14-17)27(30)31)26-8-7-23-15-26/h1-8,14-15H,9-13H2,(H,24,29). The first kappa shape index (κ1) is 21.6. The van der Waals surface area contributed by atoms with Gasteiger partial charge < -0.3 is 14.8 Å². The molecule has 0 bridgehead atoms. The van der Waals surface area contributed by atoms with Gasteiger partial charge in [0.15, 0.2) is 0 Å². The van der Waals surface area contributed by atoms with Crippen molar-refractivity contribution in [2.24, 2.45) is 0 Å². The van der Waals surface area contributed by atoms with E-state index in [0.717, 1.165) is 30.2 Å². The van der Waals surface area contributed by atoms with E-state index >= 15 is 0 Å². The second-order valence-electron chi connectivity index (χ2n) is 7.25. The predicted molar refractivity (Wildman–Crippen MR) is 122 cm³/mol. The van der Waals surface area contributed by atoms with E-state index in [1.165, 1.54) is 35.3 Å². The van der Waals surface area contributed by atoms with E-state index in [1.54, 1.807) is 30.5 Å². The van der Waals surface area contributed by atoms with E-state index in [4.69, 9.17) is 0 Å². The molecule has 2 aromatic carbocycles. The molecule has 164 valence electrons. The van der Waals surface area contributed by atoms with Crippen molar-refractivity contribution in [1.82, 2.24) is 14.5 Å².